The normalized spacial score (nSPS) is 23.8. The van der Waals surface area contributed by atoms with Crippen molar-refractivity contribution in [2.75, 3.05) is 19.6 Å². The summed E-state index contributed by atoms with van der Waals surface area (Å²) in [5.41, 5.74) is 0. The predicted molar refractivity (Wildman–Crippen MR) is 58.0 cm³/mol. The molecule has 2 N–H and O–H groups in total. The molecule has 0 saturated carbocycles. The van der Waals surface area contributed by atoms with Crippen molar-refractivity contribution in [2.45, 2.75) is 45.6 Å². The zero-order chi connectivity index (χ0) is 9.52. The van der Waals surface area contributed by atoms with E-state index < -0.39 is 0 Å². The van der Waals surface area contributed by atoms with E-state index in [1.165, 1.54) is 45.3 Å². The van der Waals surface area contributed by atoms with Crippen molar-refractivity contribution in [1.82, 2.24) is 10.6 Å². The Labute approximate surface area is 82.5 Å². The van der Waals surface area contributed by atoms with E-state index in [1.807, 2.05) is 0 Å². The molecule has 1 atom stereocenters. The van der Waals surface area contributed by atoms with E-state index in [-0.39, 0.29) is 0 Å². The summed E-state index contributed by atoms with van der Waals surface area (Å²) in [7, 11) is 0. The van der Waals surface area contributed by atoms with Gasteiger partial charge in [-0.2, -0.15) is 0 Å². The molecule has 1 saturated heterocycles. The Morgan fingerprint density at radius 2 is 2.31 bits per heavy atom. The van der Waals surface area contributed by atoms with Crippen molar-refractivity contribution in [3.8, 4) is 0 Å². The van der Waals surface area contributed by atoms with Crippen LogP contribution in [0.1, 0.15) is 39.5 Å². The SMILES string of the molecule is CC(C)CCCNC1CCCNC1. The van der Waals surface area contributed by atoms with Gasteiger partial charge in [0.2, 0.25) is 0 Å². The molecule has 0 spiro atoms. The second-order valence-corrected chi connectivity index (χ2v) is 4.53. The van der Waals surface area contributed by atoms with Crippen LogP contribution in [0.3, 0.4) is 0 Å². The van der Waals surface area contributed by atoms with Crippen molar-refractivity contribution >= 4 is 0 Å². The molecule has 2 nitrogen and oxygen atoms in total. The summed E-state index contributed by atoms with van der Waals surface area (Å²) in [6.07, 6.45) is 5.37. The van der Waals surface area contributed by atoms with Gasteiger partial charge >= 0.3 is 0 Å². The van der Waals surface area contributed by atoms with Crippen LogP contribution in [0.2, 0.25) is 0 Å². The minimum absolute atomic E-state index is 0.737. The maximum Gasteiger partial charge on any atom is 0.0192 e. The first-order valence-corrected chi connectivity index (χ1v) is 5.73. The molecule has 78 valence electrons. The number of hydrogen-bond donors (Lipinski definition) is 2. The average Bonchev–Trinajstić information content (AvgIpc) is 2.14. The number of hydrogen-bond acceptors (Lipinski definition) is 2. The van der Waals surface area contributed by atoms with Gasteiger partial charge in [-0.3, -0.25) is 0 Å². The fraction of sp³-hybridized carbons (Fsp3) is 1.00. The van der Waals surface area contributed by atoms with E-state index >= 15 is 0 Å². The topological polar surface area (TPSA) is 24.1 Å². The highest BCUT2D eigenvalue weighted by Gasteiger charge is 2.10. The summed E-state index contributed by atoms with van der Waals surface area (Å²) in [4.78, 5) is 0. The van der Waals surface area contributed by atoms with Gasteiger partial charge in [0.25, 0.3) is 0 Å². The summed E-state index contributed by atoms with van der Waals surface area (Å²) in [5, 5.41) is 7.04. The second kappa shape index (κ2) is 6.39. The lowest BCUT2D eigenvalue weighted by molar-refractivity contribution is 0.382. The number of nitrogens with one attached hydrogen (secondary N) is 2. The molecule has 0 radical (unpaired) electrons. The molecule has 0 aliphatic carbocycles. The van der Waals surface area contributed by atoms with Gasteiger partial charge in [-0.05, 0) is 44.7 Å². The fourth-order valence-corrected chi connectivity index (χ4v) is 1.84. The Bertz CT molecular complexity index is 117. The lowest BCUT2D eigenvalue weighted by atomic mass is 10.1. The van der Waals surface area contributed by atoms with Gasteiger partial charge in [0, 0.05) is 12.6 Å². The molecule has 1 aliphatic rings. The first kappa shape index (κ1) is 11.0. The van der Waals surface area contributed by atoms with E-state index in [0.717, 1.165) is 12.0 Å². The average molecular weight is 184 g/mol. The summed E-state index contributed by atoms with van der Waals surface area (Å²) in [5.74, 6) is 0.853. The van der Waals surface area contributed by atoms with Crippen LogP contribution < -0.4 is 10.6 Å². The highest BCUT2D eigenvalue weighted by molar-refractivity contribution is 4.74. The van der Waals surface area contributed by atoms with Gasteiger partial charge < -0.3 is 10.6 Å². The summed E-state index contributed by atoms with van der Waals surface area (Å²) in [6, 6.07) is 0.737. The first-order chi connectivity index (χ1) is 6.29. The molecule has 0 aromatic rings. The molecule has 1 unspecified atom stereocenters. The third kappa shape index (κ3) is 5.27. The number of rotatable bonds is 5. The molecule has 1 rings (SSSR count). The highest BCUT2D eigenvalue weighted by atomic mass is 15.0. The van der Waals surface area contributed by atoms with Crippen molar-refractivity contribution in [3.05, 3.63) is 0 Å². The monoisotopic (exact) mass is 184 g/mol. The largest absolute Gasteiger partial charge is 0.315 e. The van der Waals surface area contributed by atoms with Gasteiger partial charge in [-0.25, -0.2) is 0 Å². The lowest BCUT2D eigenvalue weighted by Crippen LogP contribution is -2.43. The molecule has 0 aromatic carbocycles. The second-order valence-electron chi connectivity index (χ2n) is 4.53. The Balaban J connectivity index is 1.92. The molecule has 13 heavy (non-hydrogen) atoms. The van der Waals surface area contributed by atoms with Gasteiger partial charge in [0.15, 0.2) is 0 Å². The zero-order valence-corrected chi connectivity index (χ0v) is 9.10. The molecule has 0 amide bonds. The van der Waals surface area contributed by atoms with Crippen LogP contribution in [0.5, 0.6) is 0 Å². The maximum absolute atomic E-state index is 3.61. The zero-order valence-electron chi connectivity index (χ0n) is 9.10. The lowest BCUT2D eigenvalue weighted by Gasteiger charge is -2.24. The van der Waals surface area contributed by atoms with Crippen molar-refractivity contribution in [1.29, 1.82) is 0 Å². The minimum atomic E-state index is 0.737. The van der Waals surface area contributed by atoms with Crippen LogP contribution in [0.4, 0.5) is 0 Å². The first-order valence-electron chi connectivity index (χ1n) is 5.73. The molecular formula is C11H24N2. The summed E-state index contributed by atoms with van der Waals surface area (Å²) >= 11 is 0. The smallest absolute Gasteiger partial charge is 0.0192 e. The van der Waals surface area contributed by atoms with Crippen molar-refractivity contribution < 1.29 is 0 Å². The molecular weight excluding hydrogens is 160 g/mol. The van der Waals surface area contributed by atoms with E-state index in [1.54, 1.807) is 0 Å². The summed E-state index contributed by atoms with van der Waals surface area (Å²) in [6.45, 7) is 8.17. The van der Waals surface area contributed by atoms with E-state index in [4.69, 9.17) is 0 Å². The van der Waals surface area contributed by atoms with Crippen LogP contribution >= 0.6 is 0 Å². The molecule has 0 bridgehead atoms. The minimum Gasteiger partial charge on any atom is -0.315 e. The molecule has 0 aromatic heterocycles. The van der Waals surface area contributed by atoms with Gasteiger partial charge in [-0.15, -0.1) is 0 Å². The number of piperidine rings is 1. The standard InChI is InChI=1S/C11H24N2/c1-10(2)5-3-8-13-11-6-4-7-12-9-11/h10-13H,3-9H2,1-2H3. The Morgan fingerprint density at radius 1 is 1.46 bits per heavy atom. The third-order valence-corrected chi connectivity index (χ3v) is 2.69. The van der Waals surface area contributed by atoms with Gasteiger partial charge in [0.1, 0.15) is 0 Å². The van der Waals surface area contributed by atoms with Crippen LogP contribution in [-0.2, 0) is 0 Å². The summed E-state index contributed by atoms with van der Waals surface area (Å²) < 4.78 is 0. The van der Waals surface area contributed by atoms with Gasteiger partial charge in [0.05, 0.1) is 0 Å². The Hall–Kier alpha value is -0.0800. The molecule has 1 fully saturated rings. The van der Waals surface area contributed by atoms with E-state index in [2.05, 4.69) is 24.5 Å². The van der Waals surface area contributed by atoms with Crippen LogP contribution in [-0.4, -0.2) is 25.7 Å². The third-order valence-electron chi connectivity index (χ3n) is 2.69. The Morgan fingerprint density at radius 3 is 2.92 bits per heavy atom. The molecule has 1 heterocycles. The fourth-order valence-electron chi connectivity index (χ4n) is 1.84. The molecule has 2 heteroatoms. The van der Waals surface area contributed by atoms with Crippen LogP contribution in [0.15, 0.2) is 0 Å². The van der Waals surface area contributed by atoms with Crippen LogP contribution in [0, 0.1) is 5.92 Å². The van der Waals surface area contributed by atoms with Crippen molar-refractivity contribution in [3.63, 3.8) is 0 Å². The molecule has 1 aliphatic heterocycles. The van der Waals surface area contributed by atoms with E-state index in [9.17, 15) is 0 Å². The van der Waals surface area contributed by atoms with Crippen LogP contribution in [0.25, 0.3) is 0 Å². The quantitative estimate of drug-likeness (QED) is 0.636. The predicted octanol–water partition coefficient (Wildman–Crippen LogP) is 1.76. The Kier molecular flexibility index (Phi) is 5.40. The maximum atomic E-state index is 3.61. The van der Waals surface area contributed by atoms with Gasteiger partial charge in [-0.1, -0.05) is 13.8 Å². The van der Waals surface area contributed by atoms with Crippen molar-refractivity contribution in [2.24, 2.45) is 5.92 Å². The van der Waals surface area contributed by atoms with E-state index in [0.29, 0.717) is 0 Å². The highest BCUT2D eigenvalue weighted by Crippen LogP contribution is 2.04.